The summed E-state index contributed by atoms with van der Waals surface area (Å²) in [4.78, 5) is 21.7. The number of carbonyl (C=O) groups excluding carboxylic acids is 1. The Balaban J connectivity index is 1.26. The summed E-state index contributed by atoms with van der Waals surface area (Å²) in [6.45, 7) is 6.96. The van der Waals surface area contributed by atoms with E-state index >= 15 is 0 Å². The minimum atomic E-state index is 0.0826. The maximum absolute atomic E-state index is 12.9. The first-order valence-corrected chi connectivity index (χ1v) is 11.1. The molecule has 4 aromatic rings. The second kappa shape index (κ2) is 7.56. The maximum atomic E-state index is 12.9. The molecular formula is C22H21ClN4O2S. The number of aromatic nitrogens is 2. The number of nitrogens with zero attached hydrogens (tertiary/aromatic N) is 4. The topological polar surface area (TPSA) is 62.5 Å². The number of carbonyl (C=O) groups is 1. The molecule has 2 aromatic carbocycles. The third kappa shape index (κ3) is 3.52. The highest BCUT2D eigenvalue weighted by atomic mass is 35.5. The number of rotatable bonds is 3. The standard InChI is InChI=1S/C22H21ClN4O2S/c1-13-9-16-18(25-29-19(16)10-14(13)2)12-21(28)26-5-7-27(8-6-26)22-24-17-4-3-15(23)11-20(17)30-22/h3-4,9-11H,5-8,12H2,1-2H3. The molecular weight excluding hydrogens is 420 g/mol. The number of hydrogen-bond acceptors (Lipinski definition) is 6. The van der Waals surface area contributed by atoms with Crippen molar-refractivity contribution < 1.29 is 9.32 Å². The summed E-state index contributed by atoms with van der Waals surface area (Å²) in [5.74, 6) is 0.0826. The van der Waals surface area contributed by atoms with Gasteiger partial charge in [0.25, 0.3) is 0 Å². The molecule has 0 bridgehead atoms. The van der Waals surface area contributed by atoms with Crippen LogP contribution >= 0.6 is 22.9 Å². The molecule has 0 N–H and O–H groups in total. The fourth-order valence-electron chi connectivity index (χ4n) is 3.80. The van der Waals surface area contributed by atoms with Crippen molar-refractivity contribution in [3.05, 3.63) is 52.2 Å². The molecule has 5 rings (SSSR count). The van der Waals surface area contributed by atoms with Gasteiger partial charge in [-0.2, -0.15) is 0 Å². The zero-order chi connectivity index (χ0) is 20.8. The summed E-state index contributed by atoms with van der Waals surface area (Å²) in [6, 6.07) is 9.79. The van der Waals surface area contributed by atoms with Crippen LogP contribution in [0, 0.1) is 13.8 Å². The van der Waals surface area contributed by atoms with E-state index in [1.807, 2.05) is 36.1 Å². The van der Waals surface area contributed by atoms with E-state index in [0.717, 1.165) is 50.0 Å². The largest absolute Gasteiger partial charge is 0.356 e. The fourth-order valence-corrected chi connectivity index (χ4v) is 5.09. The molecule has 0 aliphatic carbocycles. The molecule has 3 heterocycles. The predicted molar refractivity (Wildman–Crippen MR) is 121 cm³/mol. The highest BCUT2D eigenvalue weighted by Gasteiger charge is 2.24. The van der Waals surface area contributed by atoms with Crippen LogP contribution in [-0.2, 0) is 11.2 Å². The molecule has 1 fully saturated rings. The zero-order valence-electron chi connectivity index (χ0n) is 16.8. The molecule has 8 heteroatoms. The van der Waals surface area contributed by atoms with Crippen LogP contribution in [0.4, 0.5) is 5.13 Å². The van der Waals surface area contributed by atoms with Gasteiger partial charge < -0.3 is 14.3 Å². The second-order valence-corrected chi connectivity index (χ2v) is 9.16. The van der Waals surface area contributed by atoms with Gasteiger partial charge in [-0.05, 0) is 55.3 Å². The number of halogens is 1. The maximum Gasteiger partial charge on any atom is 0.228 e. The van der Waals surface area contributed by atoms with E-state index in [4.69, 9.17) is 21.1 Å². The lowest BCUT2D eigenvalue weighted by Gasteiger charge is -2.34. The van der Waals surface area contributed by atoms with E-state index in [1.54, 1.807) is 11.3 Å². The predicted octanol–water partition coefficient (Wildman–Crippen LogP) is 4.60. The van der Waals surface area contributed by atoms with Crippen LogP contribution in [0.3, 0.4) is 0 Å². The van der Waals surface area contributed by atoms with Crippen molar-refractivity contribution in [3.63, 3.8) is 0 Å². The molecule has 0 spiro atoms. The third-order valence-electron chi connectivity index (χ3n) is 5.72. The average molecular weight is 441 g/mol. The van der Waals surface area contributed by atoms with E-state index in [0.29, 0.717) is 18.8 Å². The molecule has 30 heavy (non-hydrogen) atoms. The number of piperazine rings is 1. The van der Waals surface area contributed by atoms with Crippen LogP contribution in [0.1, 0.15) is 16.8 Å². The second-order valence-electron chi connectivity index (χ2n) is 7.71. The summed E-state index contributed by atoms with van der Waals surface area (Å²) in [7, 11) is 0. The average Bonchev–Trinajstić information content (AvgIpc) is 3.32. The lowest BCUT2D eigenvalue weighted by atomic mass is 10.1. The van der Waals surface area contributed by atoms with Gasteiger partial charge in [0.1, 0.15) is 5.69 Å². The molecule has 6 nitrogen and oxygen atoms in total. The van der Waals surface area contributed by atoms with E-state index in [-0.39, 0.29) is 12.3 Å². The highest BCUT2D eigenvalue weighted by molar-refractivity contribution is 7.22. The molecule has 1 aliphatic heterocycles. The number of fused-ring (bicyclic) bond motifs is 2. The minimum absolute atomic E-state index is 0.0826. The Hall–Kier alpha value is -2.64. The lowest BCUT2D eigenvalue weighted by Crippen LogP contribution is -2.49. The fraction of sp³-hybridized carbons (Fsp3) is 0.318. The van der Waals surface area contributed by atoms with Gasteiger partial charge in [-0.1, -0.05) is 28.1 Å². The summed E-state index contributed by atoms with van der Waals surface area (Å²) in [5.41, 5.74) is 4.74. The number of amides is 1. The van der Waals surface area contributed by atoms with Gasteiger partial charge in [-0.25, -0.2) is 4.98 Å². The van der Waals surface area contributed by atoms with Gasteiger partial charge in [-0.15, -0.1) is 0 Å². The summed E-state index contributed by atoms with van der Waals surface area (Å²) in [6.07, 6.45) is 0.259. The molecule has 0 radical (unpaired) electrons. The van der Waals surface area contributed by atoms with Crippen molar-refractivity contribution in [1.82, 2.24) is 15.0 Å². The number of benzene rings is 2. The first-order valence-electron chi connectivity index (χ1n) is 9.92. The number of thiazole rings is 1. The summed E-state index contributed by atoms with van der Waals surface area (Å²) in [5, 5.41) is 6.78. The Bertz CT molecular complexity index is 1260. The Kier molecular flexibility index (Phi) is 4.87. The summed E-state index contributed by atoms with van der Waals surface area (Å²) >= 11 is 7.73. The Morgan fingerprint density at radius 2 is 1.90 bits per heavy atom. The van der Waals surface area contributed by atoms with Crippen molar-refractivity contribution in [1.29, 1.82) is 0 Å². The van der Waals surface area contributed by atoms with Crippen molar-refractivity contribution in [2.24, 2.45) is 0 Å². The van der Waals surface area contributed by atoms with E-state index in [9.17, 15) is 4.79 Å². The Morgan fingerprint density at radius 1 is 1.13 bits per heavy atom. The van der Waals surface area contributed by atoms with Gasteiger partial charge in [0.05, 0.1) is 16.6 Å². The van der Waals surface area contributed by atoms with Crippen LogP contribution < -0.4 is 4.90 Å². The SMILES string of the molecule is Cc1cc2onc(CC(=O)N3CCN(c4nc5ccc(Cl)cc5s4)CC3)c2cc1C. The normalized spacial score (nSPS) is 14.8. The lowest BCUT2D eigenvalue weighted by molar-refractivity contribution is -0.130. The minimum Gasteiger partial charge on any atom is -0.356 e. The van der Waals surface area contributed by atoms with E-state index < -0.39 is 0 Å². The highest BCUT2D eigenvalue weighted by Crippen LogP contribution is 2.31. The molecule has 1 aliphatic rings. The number of hydrogen-bond donors (Lipinski definition) is 0. The first kappa shape index (κ1) is 19.3. The molecule has 0 unspecified atom stereocenters. The third-order valence-corrected chi connectivity index (χ3v) is 7.04. The van der Waals surface area contributed by atoms with Crippen molar-refractivity contribution >= 4 is 55.2 Å². The molecule has 2 aromatic heterocycles. The Labute approximate surface area is 183 Å². The van der Waals surface area contributed by atoms with Crippen molar-refractivity contribution in [3.8, 4) is 0 Å². The smallest absolute Gasteiger partial charge is 0.228 e. The van der Waals surface area contributed by atoms with Crippen LogP contribution in [0.15, 0.2) is 34.9 Å². The number of aryl methyl sites for hydroxylation is 2. The van der Waals surface area contributed by atoms with Crippen molar-refractivity contribution in [2.75, 3.05) is 31.1 Å². The molecule has 1 amide bonds. The molecule has 0 atom stereocenters. The number of anilines is 1. The molecule has 0 saturated carbocycles. The van der Waals surface area contributed by atoms with Gasteiger partial charge in [0, 0.05) is 36.6 Å². The molecule has 154 valence electrons. The van der Waals surface area contributed by atoms with E-state index in [1.165, 1.54) is 5.56 Å². The van der Waals surface area contributed by atoms with Crippen LogP contribution in [0.2, 0.25) is 5.02 Å². The van der Waals surface area contributed by atoms with Crippen molar-refractivity contribution in [2.45, 2.75) is 20.3 Å². The van der Waals surface area contributed by atoms with Gasteiger partial charge in [-0.3, -0.25) is 4.79 Å². The summed E-state index contributed by atoms with van der Waals surface area (Å²) < 4.78 is 6.52. The zero-order valence-corrected chi connectivity index (χ0v) is 18.4. The van der Waals surface area contributed by atoms with Gasteiger partial charge in [0.15, 0.2) is 10.7 Å². The van der Waals surface area contributed by atoms with Gasteiger partial charge in [0.2, 0.25) is 5.91 Å². The van der Waals surface area contributed by atoms with Crippen LogP contribution in [0.5, 0.6) is 0 Å². The quantitative estimate of drug-likeness (QED) is 0.466. The van der Waals surface area contributed by atoms with Crippen LogP contribution in [0.25, 0.3) is 21.2 Å². The molecule has 1 saturated heterocycles. The van der Waals surface area contributed by atoms with E-state index in [2.05, 4.69) is 23.0 Å². The van der Waals surface area contributed by atoms with Crippen LogP contribution in [-0.4, -0.2) is 47.1 Å². The monoisotopic (exact) mass is 440 g/mol. The van der Waals surface area contributed by atoms with Gasteiger partial charge >= 0.3 is 0 Å². The first-order chi connectivity index (χ1) is 14.5. The Morgan fingerprint density at radius 3 is 2.70 bits per heavy atom.